The molecule has 0 radical (unpaired) electrons. The lowest BCUT2D eigenvalue weighted by atomic mass is 9.89. The summed E-state index contributed by atoms with van der Waals surface area (Å²) in [6.07, 6.45) is 1.40. The molecule has 33 heavy (non-hydrogen) atoms. The van der Waals surface area contributed by atoms with Crippen molar-refractivity contribution in [3.63, 3.8) is 0 Å². The molecule has 1 aliphatic rings. The summed E-state index contributed by atoms with van der Waals surface area (Å²) in [4.78, 5) is 27.4. The maximum atomic E-state index is 12.7. The number of carbonyl (C=O) groups excluding carboxylic acids is 2. The zero-order valence-corrected chi connectivity index (χ0v) is 20.5. The molecule has 0 aromatic heterocycles. The van der Waals surface area contributed by atoms with Crippen molar-refractivity contribution in [1.29, 1.82) is 0 Å². The van der Waals surface area contributed by atoms with Crippen LogP contribution in [-0.2, 0) is 14.8 Å². The second-order valence-electron chi connectivity index (χ2n) is 8.08. The highest BCUT2D eigenvalue weighted by molar-refractivity contribution is 7.89. The fourth-order valence-electron chi connectivity index (χ4n) is 4.03. The number of piperidine rings is 1. The molecule has 0 spiro atoms. The third-order valence-corrected chi connectivity index (χ3v) is 8.25. The zero-order chi connectivity index (χ0) is 24.0. The maximum Gasteiger partial charge on any atom is 0.243 e. The van der Waals surface area contributed by atoms with Gasteiger partial charge in [-0.2, -0.15) is 4.31 Å². The van der Waals surface area contributed by atoms with E-state index in [2.05, 4.69) is 5.32 Å². The quantitative estimate of drug-likeness (QED) is 0.537. The van der Waals surface area contributed by atoms with Crippen molar-refractivity contribution in [2.75, 3.05) is 38.0 Å². The molecule has 0 bridgehead atoms. The summed E-state index contributed by atoms with van der Waals surface area (Å²) >= 11 is 5.90. The Morgan fingerprint density at radius 1 is 1.00 bits per heavy atom. The Kier molecular flexibility index (Phi) is 8.64. The normalized spacial score (nSPS) is 15.5. The van der Waals surface area contributed by atoms with Crippen molar-refractivity contribution in [1.82, 2.24) is 9.21 Å². The molecule has 1 heterocycles. The van der Waals surface area contributed by atoms with Crippen molar-refractivity contribution in [2.24, 2.45) is 5.92 Å². The first-order valence-corrected chi connectivity index (χ1v) is 13.0. The number of nitrogens with zero attached hydrogens (tertiary/aromatic N) is 2. The number of Topliss-reactive ketones (excluding diaryl/α,β-unsaturated/α-hetero) is 1. The Labute approximate surface area is 200 Å². The summed E-state index contributed by atoms with van der Waals surface area (Å²) in [7, 11) is -3.53. The number of hydrogen-bond acceptors (Lipinski definition) is 5. The number of sulfonamides is 1. The fourth-order valence-corrected chi connectivity index (χ4v) is 5.61. The number of nitrogens with one attached hydrogen (secondary N) is 1. The summed E-state index contributed by atoms with van der Waals surface area (Å²) in [6, 6.07) is 13.2. The molecule has 9 heteroatoms. The Morgan fingerprint density at radius 3 is 2.12 bits per heavy atom. The van der Waals surface area contributed by atoms with Crippen LogP contribution >= 0.6 is 11.6 Å². The third-order valence-electron chi connectivity index (χ3n) is 5.94. The van der Waals surface area contributed by atoms with Gasteiger partial charge in [0.1, 0.15) is 0 Å². The van der Waals surface area contributed by atoms with Gasteiger partial charge < -0.3 is 5.32 Å². The predicted molar refractivity (Wildman–Crippen MR) is 130 cm³/mol. The third kappa shape index (κ3) is 6.41. The van der Waals surface area contributed by atoms with Crippen molar-refractivity contribution in [3.8, 4) is 0 Å². The van der Waals surface area contributed by atoms with Gasteiger partial charge in [-0.05, 0) is 74.5 Å². The van der Waals surface area contributed by atoms with E-state index >= 15 is 0 Å². The first-order valence-electron chi connectivity index (χ1n) is 11.2. The Hall–Kier alpha value is -2.26. The number of benzene rings is 2. The molecule has 0 aliphatic carbocycles. The summed E-state index contributed by atoms with van der Waals surface area (Å²) < 4.78 is 26.5. The lowest BCUT2D eigenvalue weighted by molar-refractivity contribution is -0.117. The molecule has 0 unspecified atom stereocenters. The van der Waals surface area contributed by atoms with Crippen molar-refractivity contribution >= 4 is 39.0 Å². The first kappa shape index (κ1) is 25.4. The van der Waals surface area contributed by atoms with E-state index in [0.717, 1.165) is 0 Å². The van der Waals surface area contributed by atoms with Crippen LogP contribution in [0.1, 0.15) is 37.0 Å². The number of hydrogen-bond donors (Lipinski definition) is 1. The Bertz CT molecular complexity index is 1060. The van der Waals surface area contributed by atoms with Gasteiger partial charge in [-0.3, -0.25) is 14.5 Å². The second kappa shape index (κ2) is 11.2. The molecular weight excluding hydrogens is 462 g/mol. The minimum atomic E-state index is -3.53. The minimum Gasteiger partial charge on any atom is -0.325 e. The van der Waals surface area contributed by atoms with Crippen LogP contribution in [0.25, 0.3) is 0 Å². The van der Waals surface area contributed by atoms with Crippen LogP contribution in [0.4, 0.5) is 5.69 Å². The number of rotatable bonds is 9. The van der Waals surface area contributed by atoms with E-state index in [-0.39, 0.29) is 29.0 Å². The summed E-state index contributed by atoms with van der Waals surface area (Å²) in [6.45, 7) is 5.95. The van der Waals surface area contributed by atoms with Crippen LogP contribution in [0.5, 0.6) is 0 Å². The molecule has 178 valence electrons. The number of carbonyl (C=O) groups is 2. The molecule has 0 saturated carbocycles. The molecule has 2 aromatic rings. The van der Waals surface area contributed by atoms with E-state index < -0.39 is 10.0 Å². The molecule has 7 nitrogen and oxygen atoms in total. The molecule has 1 saturated heterocycles. The van der Waals surface area contributed by atoms with E-state index in [1.165, 1.54) is 16.4 Å². The van der Waals surface area contributed by atoms with E-state index in [4.69, 9.17) is 11.6 Å². The molecule has 1 fully saturated rings. The highest BCUT2D eigenvalue weighted by atomic mass is 35.5. The molecule has 1 amide bonds. The van der Waals surface area contributed by atoms with E-state index in [0.29, 0.717) is 55.3 Å². The monoisotopic (exact) mass is 491 g/mol. The van der Waals surface area contributed by atoms with E-state index in [9.17, 15) is 18.0 Å². The fraction of sp³-hybridized carbons (Fsp3) is 0.417. The van der Waals surface area contributed by atoms with Crippen LogP contribution in [-0.4, -0.2) is 62.0 Å². The van der Waals surface area contributed by atoms with Gasteiger partial charge in [-0.1, -0.05) is 25.4 Å². The average molecular weight is 492 g/mol. The van der Waals surface area contributed by atoms with Gasteiger partial charge in [0.05, 0.1) is 11.4 Å². The first-order chi connectivity index (χ1) is 15.7. The number of likely N-dealkylation sites (tertiary alicyclic amines) is 1. The van der Waals surface area contributed by atoms with Gasteiger partial charge in [0.2, 0.25) is 15.9 Å². The van der Waals surface area contributed by atoms with Crippen LogP contribution in [0.3, 0.4) is 0 Å². The van der Waals surface area contributed by atoms with Crippen molar-refractivity contribution in [3.05, 3.63) is 59.1 Å². The zero-order valence-electron chi connectivity index (χ0n) is 19.0. The smallest absolute Gasteiger partial charge is 0.243 e. The number of ketones is 1. The highest BCUT2D eigenvalue weighted by Gasteiger charge is 2.27. The van der Waals surface area contributed by atoms with Gasteiger partial charge in [-0.15, -0.1) is 0 Å². The van der Waals surface area contributed by atoms with Gasteiger partial charge in [0.25, 0.3) is 0 Å². The molecule has 2 aromatic carbocycles. The van der Waals surface area contributed by atoms with E-state index in [1.807, 2.05) is 4.90 Å². The summed E-state index contributed by atoms with van der Waals surface area (Å²) in [5.74, 6) is -0.0989. The van der Waals surface area contributed by atoms with Crippen molar-refractivity contribution < 1.29 is 18.0 Å². The van der Waals surface area contributed by atoms with Gasteiger partial charge in [0, 0.05) is 35.3 Å². The highest BCUT2D eigenvalue weighted by Crippen LogP contribution is 2.23. The topological polar surface area (TPSA) is 86.8 Å². The standard InChI is InChI=1S/C24H30ClN3O4S/c1-3-28(4-2)33(31,32)22-11-9-21(10-12-22)26-23(29)17-27-15-13-19(14-16-27)24(30)18-5-7-20(25)8-6-18/h5-12,19H,3-4,13-17H2,1-2H3,(H,26,29). The van der Waals surface area contributed by atoms with Crippen LogP contribution in [0.2, 0.25) is 5.02 Å². The second-order valence-corrected chi connectivity index (χ2v) is 10.5. The minimum absolute atomic E-state index is 0.0502. The lowest BCUT2D eigenvalue weighted by Gasteiger charge is -2.30. The van der Waals surface area contributed by atoms with Crippen molar-refractivity contribution in [2.45, 2.75) is 31.6 Å². The summed E-state index contributed by atoms with van der Waals surface area (Å²) in [5.41, 5.74) is 1.22. The van der Waals surface area contributed by atoms with Crippen LogP contribution < -0.4 is 5.32 Å². The van der Waals surface area contributed by atoms with E-state index in [1.54, 1.807) is 50.2 Å². The largest absolute Gasteiger partial charge is 0.325 e. The Balaban J connectivity index is 1.49. The van der Waals surface area contributed by atoms with Crippen LogP contribution in [0, 0.1) is 5.92 Å². The Morgan fingerprint density at radius 2 is 1.58 bits per heavy atom. The molecule has 3 rings (SSSR count). The van der Waals surface area contributed by atoms with Gasteiger partial charge in [0.15, 0.2) is 5.78 Å². The predicted octanol–water partition coefficient (Wildman–Crippen LogP) is 3.90. The van der Waals surface area contributed by atoms with Gasteiger partial charge >= 0.3 is 0 Å². The maximum absolute atomic E-state index is 12.7. The lowest BCUT2D eigenvalue weighted by Crippen LogP contribution is -2.40. The number of anilines is 1. The number of halogens is 1. The molecule has 1 aliphatic heterocycles. The number of amides is 1. The SMILES string of the molecule is CCN(CC)S(=O)(=O)c1ccc(NC(=O)CN2CCC(C(=O)c3ccc(Cl)cc3)CC2)cc1. The van der Waals surface area contributed by atoms with Crippen LogP contribution in [0.15, 0.2) is 53.4 Å². The molecule has 0 atom stereocenters. The molecule has 1 N–H and O–H groups in total. The van der Waals surface area contributed by atoms with Gasteiger partial charge in [-0.25, -0.2) is 8.42 Å². The summed E-state index contributed by atoms with van der Waals surface area (Å²) in [5, 5.41) is 3.43. The molecular formula is C24H30ClN3O4S. The average Bonchev–Trinajstić information content (AvgIpc) is 2.80.